The molecule has 0 bridgehead atoms. The molecule has 0 aliphatic heterocycles. The molecule has 30 heavy (non-hydrogen) atoms. The lowest BCUT2D eigenvalue weighted by Crippen LogP contribution is -2.13. The molecule has 4 rings (SSSR count). The minimum Gasteiger partial charge on any atom is -0.495 e. The van der Waals surface area contributed by atoms with E-state index in [4.69, 9.17) is 13.9 Å². The van der Waals surface area contributed by atoms with Crippen LogP contribution < -0.4 is 14.8 Å². The van der Waals surface area contributed by atoms with Crippen molar-refractivity contribution in [2.24, 2.45) is 0 Å². The van der Waals surface area contributed by atoms with E-state index in [9.17, 15) is 4.79 Å². The molecule has 0 atom stereocenters. The number of anilines is 1. The topological polar surface area (TPSA) is 60.7 Å². The molecule has 0 aliphatic rings. The maximum atomic E-state index is 13.1. The second-order valence-corrected chi connectivity index (χ2v) is 7.12. The number of methoxy groups -OCH3 is 1. The number of rotatable bonds is 6. The Morgan fingerprint density at radius 1 is 1.00 bits per heavy atom. The SMILES string of the molecule is COc1ccc(C)cc1NC(=O)c1c(C)oc2ccc(OCc3ccccc3)cc12. The molecule has 0 radical (unpaired) electrons. The summed E-state index contributed by atoms with van der Waals surface area (Å²) in [4.78, 5) is 13.1. The Morgan fingerprint density at radius 2 is 1.80 bits per heavy atom. The van der Waals surface area contributed by atoms with E-state index in [1.165, 1.54) is 0 Å². The minimum atomic E-state index is -0.254. The van der Waals surface area contributed by atoms with Gasteiger partial charge in [-0.3, -0.25) is 4.79 Å². The third kappa shape index (κ3) is 4.01. The number of aryl methyl sites for hydroxylation is 2. The fourth-order valence-electron chi connectivity index (χ4n) is 3.42. The van der Waals surface area contributed by atoms with Crippen LogP contribution in [0.2, 0.25) is 0 Å². The van der Waals surface area contributed by atoms with Crippen molar-refractivity contribution in [3.63, 3.8) is 0 Å². The van der Waals surface area contributed by atoms with Crippen molar-refractivity contribution in [2.75, 3.05) is 12.4 Å². The van der Waals surface area contributed by atoms with Gasteiger partial charge >= 0.3 is 0 Å². The predicted molar refractivity (Wildman–Crippen MR) is 117 cm³/mol. The van der Waals surface area contributed by atoms with Gasteiger partial charge in [-0.15, -0.1) is 0 Å². The Labute approximate surface area is 175 Å². The highest BCUT2D eigenvalue weighted by Crippen LogP contribution is 2.32. The van der Waals surface area contributed by atoms with Crippen molar-refractivity contribution >= 4 is 22.6 Å². The molecule has 0 saturated heterocycles. The standard InChI is InChI=1S/C25H23NO4/c1-16-9-11-23(28-3)21(13-16)26-25(27)24-17(2)30-22-12-10-19(14-20(22)24)29-15-18-7-5-4-6-8-18/h4-14H,15H2,1-3H3,(H,26,27). The molecule has 1 heterocycles. The molecule has 5 heteroatoms. The summed E-state index contributed by atoms with van der Waals surface area (Å²) in [6.45, 7) is 4.20. The van der Waals surface area contributed by atoms with Gasteiger partial charge in [0.25, 0.3) is 5.91 Å². The number of furan rings is 1. The maximum Gasteiger partial charge on any atom is 0.259 e. The zero-order chi connectivity index (χ0) is 21.1. The summed E-state index contributed by atoms with van der Waals surface area (Å²) in [6, 6.07) is 21.1. The van der Waals surface area contributed by atoms with Gasteiger partial charge in [0.05, 0.1) is 18.4 Å². The zero-order valence-corrected chi connectivity index (χ0v) is 17.2. The molecule has 152 valence electrons. The summed E-state index contributed by atoms with van der Waals surface area (Å²) in [5, 5.41) is 3.66. The van der Waals surface area contributed by atoms with Gasteiger partial charge in [-0.25, -0.2) is 0 Å². The number of nitrogens with one attached hydrogen (secondary N) is 1. The average molecular weight is 401 g/mol. The Morgan fingerprint density at radius 3 is 2.57 bits per heavy atom. The van der Waals surface area contributed by atoms with Crippen LogP contribution in [-0.2, 0) is 6.61 Å². The molecule has 0 spiro atoms. The quantitative estimate of drug-likeness (QED) is 0.438. The first-order valence-corrected chi connectivity index (χ1v) is 9.71. The van der Waals surface area contributed by atoms with Gasteiger partial charge in [0, 0.05) is 5.39 Å². The highest BCUT2D eigenvalue weighted by atomic mass is 16.5. The number of hydrogen-bond acceptors (Lipinski definition) is 4. The van der Waals surface area contributed by atoms with E-state index in [1.54, 1.807) is 14.0 Å². The van der Waals surface area contributed by atoms with Crippen LogP contribution in [0.15, 0.2) is 71.1 Å². The van der Waals surface area contributed by atoms with Crippen LogP contribution in [0.3, 0.4) is 0 Å². The summed E-state index contributed by atoms with van der Waals surface area (Å²) in [7, 11) is 1.58. The Hall–Kier alpha value is -3.73. The van der Waals surface area contributed by atoms with Crippen LogP contribution in [0.4, 0.5) is 5.69 Å². The molecular weight excluding hydrogens is 378 g/mol. The van der Waals surface area contributed by atoms with Gasteiger partial charge in [-0.1, -0.05) is 36.4 Å². The lowest BCUT2D eigenvalue weighted by atomic mass is 10.1. The largest absolute Gasteiger partial charge is 0.495 e. The third-order valence-electron chi connectivity index (χ3n) is 4.91. The molecule has 0 aliphatic carbocycles. The molecule has 1 amide bonds. The molecule has 3 aromatic carbocycles. The fourth-order valence-corrected chi connectivity index (χ4v) is 3.42. The summed E-state index contributed by atoms with van der Waals surface area (Å²) in [5.41, 5.74) is 3.84. The first-order valence-electron chi connectivity index (χ1n) is 9.71. The van der Waals surface area contributed by atoms with Crippen molar-refractivity contribution in [1.82, 2.24) is 0 Å². The predicted octanol–water partition coefficient (Wildman–Crippen LogP) is 5.89. The van der Waals surface area contributed by atoms with E-state index in [2.05, 4.69) is 5.32 Å². The average Bonchev–Trinajstić information content (AvgIpc) is 3.08. The number of carbonyl (C=O) groups excluding carboxylic acids is 1. The molecule has 1 N–H and O–H groups in total. The van der Waals surface area contributed by atoms with Crippen LogP contribution in [0.1, 0.15) is 27.2 Å². The Bertz CT molecular complexity index is 1190. The minimum absolute atomic E-state index is 0.254. The molecule has 1 aromatic heterocycles. The number of fused-ring (bicyclic) bond motifs is 1. The number of amides is 1. The Balaban J connectivity index is 1.62. The summed E-state index contributed by atoms with van der Waals surface area (Å²) < 4.78 is 17.1. The van der Waals surface area contributed by atoms with Gasteiger partial charge < -0.3 is 19.2 Å². The molecule has 0 fully saturated rings. The highest BCUT2D eigenvalue weighted by molar-refractivity contribution is 6.13. The molecule has 0 saturated carbocycles. The summed E-state index contributed by atoms with van der Waals surface area (Å²) >= 11 is 0. The van der Waals surface area contributed by atoms with Gasteiger partial charge in [-0.05, 0) is 55.3 Å². The van der Waals surface area contributed by atoms with Crippen molar-refractivity contribution in [3.8, 4) is 11.5 Å². The molecule has 5 nitrogen and oxygen atoms in total. The first kappa shape index (κ1) is 19.6. The fraction of sp³-hybridized carbons (Fsp3) is 0.160. The third-order valence-corrected chi connectivity index (χ3v) is 4.91. The smallest absolute Gasteiger partial charge is 0.259 e. The van der Waals surface area contributed by atoms with E-state index in [0.29, 0.717) is 46.1 Å². The Kier molecular flexibility index (Phi) is 5.44. The van der Waals surface area contributed by atoms with Crippen LogP contribution in [0, 0.1) is 13.8 Å². The summed E-state index contributed by atoms with van der Waals surface area (Å²) in [5.74, 6) is 1.57. The molecular formula is C25H23NO4. The number of carbonyl (C=O) groups is 1. The van der Waals surface area contributed by atoms with E-state index < -0.39 is 0 Å². The number of hydrogen-bond donors (Lipinski definition) is 1. The normalized spacial score (nSPS) is 10.8. The first-order chi connectivity index (χ1) is 14.5. The van der Waals surface area contributed by atoms with E-state index in [0.717, 1.165) is 11.1 Å². The molecule has 0 unspecified atom stereocenters. The second kappa shape index (κ2) is 8.33. The lowest BCUT2D eigenvalue weighted by Gasteiger charge is -2.11. The lowest BCUT2D eigenvalue weighted by molar-refractivity contribution is 0.102. The van der Waals surface area contributed by atoms with Gasteiger partial charge in [0.1, 0.15) is 29.4 Å². The molecule has 4 aromatic rings. The van der Waals surface area contributed by atoms with Gasteiger partial charge in [-0.2, -0.15) is 0 Å². The van der Waals surface area contributed by atoms with Gasteiger partial charge in [0.2, 0.25) is 0 Å². The monoisotopic (exact) mass is 401 g/mol. The van der Waals surface area contributed by atoms with E-state index >= 15 is 0 Å². The maximum absolute atomic E-state index is 13.1. The van der Waals surface area contributed by atoms with Gasteiger partial charge in [0.15, 0.2) is 0 Å². The zero-order valence-electron chi connectivity index (χ0n) is 17.2. The second-order valence-electron chi connectivity index (χ2n) is 7.12. The van der Waals surface area contributed by atoms with Crippen LogP contribution in [0.25, 0.3) is 11.0 Å². The van der Waals surface area contributed by atoms with E-state index in [1.807, 2.05) is 73.7 Å². The van der Waals surface area contributed by atoms with Crippen molar-refractivity contribution in [2.45, 2.75) is 20.5 Å². The highest BCUT2D eigenvalue weighted by Gasteiger charge is 2.20. The van der Waals surface area contributed by atoms with Crippen molar-refractivity contribution in [3.05, 3.63) is 89.2 Å². The van der Waals surface area contributed by atoms with Crippen molar-refractivity contribution < 1.29 is 18.7 Å². The van der Waals surface area contributed by atoms with Crippen LogP contribution in [0.5, 0.6) is 11.5 Å². The van der Waals surface area contributed by atoms with Crippen LogP contribution in [-0.4, -0.2) is 13.0 Å². The number of benzene rings is 3. The van der Waals surface area contributed by atoms with E-state index in [-0.39, 0.29) is 5.91 Å². The van der Waals surface area contributed by atoms with Crippen LogP contribution >= 0.6 is 0 Å². The van der Waals surface area contributed by atoms with Crippen molar-refractivity contribution in [1.29, 1.82) is 0 Å². The number of ether oxygens (including phenoxy) is 2. The summed E-state index contributed by atoms with van der Waals surface area (Å²) in [6.07, 6.45) is 0.